The van der Waals surface area contributed by atoms with E-state index in [1.807, 2.05) is 95.2 Å². The Bertz CT molecular complexity index is 2690. The average molecular weight is 1160 g/mol. The molecule has 410 valence electrons. The normalized spacial score (nSPS) is 26.2. The van der Waals surface area contributed by atoms with E-state index in [2.05, 4.69) is 55.5 Å². The number of piperazine rings is 2. The smallest absolute Gasteiger partial charge is 0.479 e. The molecule has 0 aromatic carbocycles. The Labute approximate surface area is 466 Å². The lowest BCUT2D eigenvalue weighted by Gasteiger charge is -2.56. The summed E-state index contributed by atoms with van der Waals surface area (Å²) in [5, 5.41) is 1.26. The molecule has 0 N–H and O–H groups in total. The SMILES string of the molecule is CC1(C)OB(B2OC(C)(C)C(C)(C)O2)OC1(C)C.COc1ncc(CN2C3CC2CN(c2cc(Cl)c(B4OC(C)(C)C(C)(C)O4)cn2)C3)cc1F.COc1ncc(CN2C3CC2CN(c2cc(Cl)c(Br)cn2)C3)cc1F. The molecule has 4 unspecified atom stereocenters. The first-order chi connectivity index (χ1) is 35.5. The van der Waals surface area contributed by atoms with Crippen LogP contribution in [0.4, 0.5) is 20.4 Å². The summed E-state index contributed by atoms with van der Waals surface area (Å²) in [4.78, 5) is 26.6. The van der Waals surface area contributed by atoms with Crippen molar-refractivity contribution in [3.63, 3.8) is 0 Å². The van der Waals surface area contributed by atoms with Crippen LogP contribution in [0.15, 0.2) is 53.5 Å². The van der Waals surface area contributed by atoms with Crippen molar-refractivity contribution >= 4 is 77.4 Å². The standard InChI is InChI=1S/C23H29BClFN4O3.C17H17BrClFN4O.C12H24B2O4/c1-22(2)23(3,4)33-24(32-22)17-10-27-20(8-18(17)25)29-12-15-7-16(13-29)30(15)11-14-6-19(26)21(31-5)28-9-14;1-25-17-15(20)2-10(5-22-17)7-24-11-3-12(24)9-23(8-11)16-4-14(19)13(18)6-21-16;1-9(2)10(3,4)16-13(15-9)14-17-11(5,6)12(7,8)18-14/h6,8-10,15-16H,7,11-13H2,1-5H3;2,4-6,11-12H,3,7-9H2,1H3;1-8H3. The molecule has 9 saturated heterocycles. The maximum Gasteiger partial charge on any atom is 0.497 e. The molecule has 9 aliphatic heterocycles. The van der Waals surface area contributed by atoms with E-state index >= 15 is 0 Å². The second-order valence-corrected chi connectivity index (χ2v) is 25.4. The Balaban J connectivity index is 0.000000146. The summed E-state index contributed by atoms with van der Waals surface area (Å²) < 4.78 is 74.5. The third kappa shape index (κ3) is 11.3. The van der Waals surface area contributed by atoms with Crippen LogP contribution in [-0.2, 0) is 41.0 Å². The van der Waals surface area contributed by atoms with E-state index in [-0.39, 0.29) is 34.2 Å². The van der Waals surface area contributed by atoms with Gasteiger partial charge in [0, 0.05) is 105 Å². The number of anilines is 2. The largest absolute Gasteiger partial charge is 0.497 e. The molecule has 4 bridgehead atoms. The van der Waals surface area contributed by atoms with Crippen LogP contribution < -0.4 is 24.7 Å². The van der Waals surface area contributed by atoms with Gasteiger partial charge in [-0.2, -0.15) is 0 Å². The van der Waals surface area contributed by atoms with Crippen LogP contribution in [0.1, 0.15) is 107 Å². The van der Waals surface area contributed by atoms with Crippen molar-refractivity contribution in [2.75, 3.05) is 50.2 Å². The molecule has 4 aromatic rings. The number of fused-ring (bicyclic) bond motifs is 4. The summed E-state index contributed by atoms with van der Waals surface area (Å²) in [6, 6.07) is 8.46. The van der Waals surface area contributed by atoms with Gasteiger partial charge in [0.2, 0.25) is 11.8 Å². The van der Waals surface area contributed by atoms with E-state index in [0.717, 1.165) is 71.7 Å². The quantitative estimate of drug-likeness (QED) is 0.140. The summed E-state index contributed by atoms with van der Waals surface area (Å²) in [7, 11) is 1.35. The number of pyridine rings is 4. The highest BCUT2D eigenvalue weighted by atomic mass is 79.9. The minimum absolute atomic E-state index is 0.0284. The summed E-state index contributed by atoms with van der Waals surface area (Å²) in [6.45, 7) is 29.1. The molecule has 4 atom stereocenters. The lowest BCUT2D eigenvalue weighted by Crippen LogP contribution is -2.68. The average Bonchev–Trinajstić information content (AvgIpc) is 3.83. The topological polar surface area (TPSA) is 138 Å². The summed E-state index contributed by atoms with van der Waals surface area (Å²) >= 11 is 16.2. The fourth-order valence-corrected chi connectivity index (χ4v) is 11.0. The zero-order chi connectivity index (χ0) is 55.1. The van der Waals surface area contributed by atoms with Gasteiger partial charge in [0.1, 0.15) is 11.6 Å². The Morgan fingerprint density at radius 2 is 0.895 bits per heavy atom. The third-order valence-electron chi connectivity index (χ3n) is 17.1. The number of aromatic nitrogens is 4. The van der Waals surface area contributed by atoms with Crippen LogP contribution in [0.25, 0.3) is 0 Å². The van der Waals surface area contributed by atoms with Crippen molar-refractivity contribution in [1.82, 2.24) is 29.7 Å². The van der Waals surface area contributed by atoms with Gasteiger partial charge in [-0.05, 0) is 141 Å². The molecule has 9 fully saturated rings. The minimum Gasteiger partial charge on any atom is -0.479 e. The lowest BCUT2D eigenvalue weighted by atomic mass is 9.49. The molecule has 9 aliphatic rings. The lowest BCUT2D eigenvalue weighted by molar-refractivity contribution is -0.00886. The van der Waals surface area contributed by atoms with Crippen molar-refractivity contribution in [2.45, 2.75) is 167 Å². The molecule has 24 heteroatoms. The van der Waals surface area contributed by atoms with Gasteiger partial charge in [0.15, 0.2) is 11.6 Å². The van der Waals surface area contributed by atoms with Crippen LogP contribution >= 0.6 is 39.1 Å². The number of ether oxygens (including phenoxy) is 2. The van der Waals surface area contributed by atoms with Gasteiger partial charge in [0.05, 0.1) is 57.3 Å². The van der Waals surface area contributed by atoms with Crippen LogP contribution in [0, 0.1) is 11.6 Å². The first-order valence-corrected chi connectivity index (χ1v) is 27.5. The molecule has 0 saturated carbocycles. The molecule has 13 rings (SSSR count). The second-order valence-electron chi connectivity index (χ2n) is 23.8. The van der Waals surface area contributed by atoms with Gasteiger partial charge in [-0.3, -0.25) is 9.80 Å². The molecule has 13 heterocycles. The number of nitrogens with zero attached hydrogens (tertiary/aromatic N) is 8. The molecule has 4 aromatic heterocycles. The van der Waals surface area contributed by atoms with E-state index in [1.54, 1.807) is 24.8 Å². The summed E-state index contributed by atoms with van der Waals surface area (Å²) in [5.74, 6) is 0.980. The van der Waals surface area contributed by atoms with Gasteiger partial charge in [-0.25, -0.2) is 28.7 Å². The maximum atomic E-state index is 14.0. The molecular weight excluding hydrogens is 1090 g/mol. The van der Waals surface area contributed by atoms with Gasteiger partial charge in [0.25, 0.3) is 0 Å². The first-order valence-electron chi connectivity index (χ1n) is 25.9. The van der Waals surface area contributed by atoms with E-state index < -0.39 is 44.0 Å². The van der Waals surface area contributed by atoms with Crippen LogP contribution in [0.2, 0.25) is 10.0 Å². The van der Waals surface area contributed by atoms with Gasteiger partial charge in [-0.1, -0.05) is 23.2 Å². The van der Waals surface area contributed by atoms with Crippen molar-refractivity contribution in [3.8, 4) is 11.8 Å². The summed E-state index contributed by atoms with van der Waals surface area (Å²) in [5.41, 5.74) is 0.164. The zero-order valence-corrected chi connectivity index (χ0v) is 49.1. The zero-order valence-electron chi connectivity index (χ0n) is 46.1. The fourth-order valence-electron chi connectivity index (χ4n) is 10.4. The molecule has 0 aliphatic carbocycles. The Hall–Kier alpha value is -3.41. The van der Waals surface area contributed by atoms with E-state index in [9.17, 15) is 8.78 Å². The number of hydrogen-bond acceptors (Lipinski definition) is 16. The molecular formula is C52H70B3BrCl2F2N8O8. The Kier molecular flexibility index (Phi) is 16.0. The third-order valence-corrected chi connectivity index (χ3v) is 18.6. The molecule has 0 spiro atoms. The Morgan fingerprint density at radius 1 is 0.539 bits per heavy atom. The number of hydrogen-bond donors (Lipinski definition) is 0. The van der Waals surface area contributed by atoms with Crippen LogP contribution in [0.5, 0.6) is 11.8 Å². The Morgan fingerprint density at radius 3 is 1.24 bits per heavy atom. The fraction of sp³-hybridized carbons (Fsp3) is 0.615. The second kappa shape index (κ2) is 21.2. The molecule has 0 amide bonds. The highest BCUT2D eigenvalue weighted by Crippen LogP contribution is 2.44. The van der Waals surface area contributed by atoms with Gasteiger partial charge < -0.3 is 47.2 Å². The van der Waals surface area contributed by atoms with Gasteiger partial charge >= 0.3 is 21.1 Å². The minimum atomic E-state index is -0.534. The monoisotopic (exact) mass is 1150 g/mol. The van der Waals surface area contributed by atoms with Gasteiger partial charge in [-0.15, -0.1) is 0 Å². The summed E-state index contributed by atoms with van der Waals surface area (Å²) in [6.07, 6.45) is 9.16. The molecule has 76 heavy (non-hydrogen) atoms. The first kappa shape index (κ1) is 57.3. The predicted molar refractivity (Wildman–Crippen MR) is 295 cm³/mol. The van der Waals surface area contributed by atoms with Crippen LogP contribution in [0.3, 0.4) is 0 Å². The van der Waals surface area contributed by atoms with Crippen molar-refractivity contribution in [2.24, 2.45) is 0 Å². The number of methoxy groups -OCH3 is 2. The number of halogens is 5. The van der Waals surface area contributed by atoms with Crippen LogP contribution in [-0.4, -0.2) is 149 Å². The number of rotatable bonds is 10. The molecule has 0 radical (unpaired) electrons. The van der Waals surface area contributed by atoms with Crippen molar-refractivity contribution in [1.29, 1.82) is 0 Å². The van der Waals surface area contributed by atoms with Crippen molar-refractivity contribution in [3.05, 3.63) is 86.3 Å². The number of piperidine rings is 2. The van der Waals surface area contributed by atoms with E-state index in [0.29, 0.717) is 47.3 Å². The van der Waals surface area contributed by atoms with Crippen molar-refractivity contribution < 1.29 is 46.2 Å². The maximum absolute atomic E-state index is 14.0. The highest BCUT2D eigenvalue weighted by molar-refractivity contribution is 9.10. The predicted octanol–water partition coefficient (Wildman–Crippen LogP) is 8.79. The van der Waals surface area contributed by atoms with E-state index in [1.165, 1.54) is 26.4 Å². The van der Waals surface area contributed by atoms with E-state index in [4.69, 9.17) is 60.6 Å². The highest BCUT2D eigenvalue weighted by Gasteiger charge is 2.64. The molecule has 16 nitrogen and oxygen atoms in total.